The standard InChI is InChI=1S/C17H31N3O/c1-12-7-5-9-20(11-12)16(18-4)19-14-13-8-6-10-21-15(13)17(14,2)3/h12-15H,5-11H2,1-4H3,(H,18,19). The zero-order valence-corrected chi connectivity index (χ0v) is 14.1. The van der Waals surface area contributed by atoms with E-state index in [1.54, 1.807) is 0 Å². The summed E-state index contributed by atoms with van der Waals surface area (Å²) in [6.45, 7) is 10.2. The number of fused-ring (bicyclic) bond motifs is 1. The van der Waals surface area contributed by atoms with Crippen LogP contribution in [0.15, 0.2) is 4.99 Å². The van der Waals surface area contributed by atoms with Gasteiger partial charge in [0.25, 0.3) is 0 Å². The summed E-state index contributed by atoms with van der Waals surface area (Å²) >= 11 is 0. The van der Waals surface area contributed by atoms with E-state index in [2.05, 4.69) is 36.0 Å². The van der Waals surface area contributed by atoms with Gasteiger partial charge in [0.15, 0.2) is 5.96 Å². The van der Waals surface area contributed by atoms with Crippen molar-refractivity contribution in [3.8, 4) is 0 Å². The molecule has 0 aromatic heterocycles. The maximum Gasteiger partial charge on any atom is 0.193 e. The summed E-state index contributed by atoms with van der Waals surface area (Å²) in [5.74, 6) is 2.54. The quantitative estimate of drug-likeness (QED) is 0.596. The Bertz CT molecular complexity index is 407. The third-order valence-corrected chi connectivity index (χ3v) is 5.78. The predicted molar refractivity (Wildman–Crippen MR) is 86.5 cm³/mol. The Morgan fingerprint density at radius 2 is 2.10 bits per heavy atom. The lowest BCUT2D eigenvalue weighted by atomic mass is 9.55. The molecule has 1 N–H and O–H groups in total. The summed E-state index contributed by atoms with van der Waals surface area (Å²) in [4.78, 5) is 7.01. The van der Waals surface area contributed by atoms with Gasteiger partial charge in [-0.1, -0.05) is 20.8 Å². The lowest BCUT2D eigenvalue weighted by Crippen LogP contribution is -2.71. The van der Waals surface area contributed by atoms with Gasteiger partial charge in [-0.2, -0.15) is 0 Å². The second-order valence-electron chi connectivity index (χ2n) is 7.78. The summed E-state index contributed by atoms with van der Waals surface area (Å²) in [5, 5.41) is 3.78. The van der Waals surface area contributed by atoms with Gasteiger partial charge in [0, 0.05) is 44.1 Å². The van der Waals surface area contributed by atoms with Gasteiger partial charge >= 0.3 is 0 Å². The van der Waals surface area contributed by atoms with Crippen molar-refractivity contribution >= 4 is 5.96 Å². The van der Waals surface area contributed by atoms with Crippen LogP contribution in [0.2, 0.25) is 0 Å². The van der Waals surface area contributed by atoms with Gasteiger partial charge in [-0.25, -0.2) is 0 Å². The highest BCUT2D eigenvalue weighted by atomic mass is 16.5. The number of hydrogen-bond donors (Lipinski definition) is 1. The first-order chi connectivity index (χ1) is 10.0. The Morgan fingerprint density at radius 3 is 2.81 bits per heavy atom. The predicted octanol–water partition coefficient (Wildman–Crippen LogP) is 2.50. The van der Waals surface area contributed by atoms with E-state index in [9.17, 15) is 0 Å². The minimum absolute atomic E-state index is 0.211. The topological polar surface area (TPSA) is 36.9 Å². The highest BCUT2D eigenvalue weighted by Crippen LogP contribution is 2.51. The number of guanidine groups is 1. The van der Waals surface area contributed by atoms with Crippen molar-refractivity contribution in [2.45, 2.75) is 58.6 Å². The summed E-state index contributed by atoms with van der Waals surface area (Å²) < 4.78 is 6.01. The fourth-order valence-electron chi connectivity index (χ4n) is 4.63. The molecule has 2 saturated heterocycles. The Labute approximate surface area is 129 Å². The molecular formula is C17H31N3O. The number of likely N-dealkylation sites (tertiary alicyclic amines) is 1. The maximum atomic E-state index is 6.01. The fraction of sp³-hybridized carbons (Fsp3) is 0.941. The SMILES string of the molecule is CN=C(NC1C2CCCOC2C1(C)C)N1CCCC(C)C1. The number of aliphatic imine (C=N–C) groups is 1. The van der Waals surface area contributed by atoms with Gasteiger partial charge in [0.1, 0.15) is 0 Å². The number of piperidine rings is 1. The minimum atomic E-state index is 0.211. The highest BCUT2D eigenvalue weighted by molar-refractivity contribution is 5.80. The fourth-order valence-corrected chi connectivity index (χ4v) is 4.63. The summed E-state index contributed by atoms with van der Waals surface area (Å²) in [6.07, 6.45) is 5.56. The Kier molecular flexibility index (Phi) is 4.17. The minimum Gasteiger partial charge on any atom is -0.377 e. The van der Waals surface area contributed by atoms with Crippen molar-refractivity contribution in [3.63, 3.8) is 0 Å². The molecule has 1 saturated carbocycles. The van der Waals surface area contributed by atoms with Gasteiger partial charge in [-0.3, -0.25) is 4.99 Å². The molecule has 2 heterocycles. The molecule has 4 heteroatoms. The third-order valence-electron chi connectivity index (χ3n) is 5.78. The molecule has 4 unspecified atom stereocenters. The van der Waals surface area contributed by atoms with Gasteiger partial charge in [0.05, 0.1) is 6.10 Å². The molecule has 0 aromatic rings. The number of hydrogen-bond acceptors (Lipinski definition) is 2. The molecule has 3 aliphatic rings. The molecule has 0 radical (unpaired) electrons. The van der Waals surface area contributed by atoms with Crippen molar-refractivity contribution in [2.24, 2.45) is 22.2 Å². The molecule has 4 atom stereocenters. The second kappa shape index (κ2) is 5.79. The lowest BCUT2D eigenvalue weighted by Gasteiger charge is -2.60. The molecule has 4 nitrogen and oxygen atoms in total. The van der Waals surface area contributed by atoms with Crippen molar-refractivity contribution in [1.29, 1.82) is 0 Å². The monoisotopic (exact) mass is 293 g/mol. The molecule has 0 bridgehead atoms. The molecule has 21 heavy (non-hydrogen) atoms. The van der Waals surface area contributed by atoms with Gasteiger partial charge in [-0.05, 0) is 31.6 Å². The molecular weight excluding hydrogens is 262 g/mol. The average molecular weight is 293 g/mol. The van der Waals surface area contributed by atoms with Crippen molar-refractivity contribution in [1.82, 2.24) is 10.2 Å². The van der Waals surface area contributed by atoms with E-state index >= 15 is 0 Å². The van der Waals surface area contributed by atoms with Crippen LogP contribution in [0.3, 0.4) is 0 Å². The second-order valence-corrected chi connectivity index (χ2v) is 7.78. The first kappa shape index (κ1) is 15.1. The van der Waals surface area contributed by atoms with Crippen LogP contribution in [0.1, 0.15) is 46.5 Å². The van der Waals surface area contributed by atoms with Crippen molar-refractivity contribution in [3.05, 3.63) is 0 Å². The Balaban J connectivity index is 1.66. The van der Waals surface area contributed by atoms with Crippen LogP contribution in [-0.2, 0) is 4.74 Å². The van der Waals surface area contributed by atoms with Crippen molar-refractivity contribution in [2.75, 3.05) is 26.7 Å². The number of ether oxygens (including phenoxy) is 1. The Hall–Kier alpha value is -0.770. The number of nitrogens with zero attached hydrogens (tertiary/aromatic N) is 2. The van der Waals surface area contributed by atoms with Crippen LogP contribution in [-0.4, -0.2) is 49.7 Å². The highest BCUT2D eigenvalue weighted by Gasteiger charge is 2.58. The average Bonchev–Trinajstić information content (AvgIpc) is 2.48. The molecule has 2 aliphatic heterocycles. The normalized spacial score (nSPS) is 39.4. The molecule has 1 aliphatic carbocycles. The van der Waals surface area contributed by atoms with E-state index in [1.165, 1.54) is 25.7 Å². The van der Waals surface area contributed by atoms with Crippen molar-refractivity contribution < 1.29 is 4.74 Å². The van der Waals surface area contributed by atoms with Gasteiger partial charge in [-0.15, -0.1) is 0 Å². The molecule has 0 aromatic carbocycles. The first-order valence-electron chi connectivity index (χ1n) is 8.64. The number of rotatable bonds is 1. The molecule has 0 spiro atoms. The largest absolute Gasteiger partial charge is 0.377 e. The van der Waals surface area contributed by atoms with E-state index in [0.717, 1.165) is 31.6 Å². The van der Waals surface area contributed by atoms with E-state index in [0.29, 0.717) is 18.1 Å². The lowest BCUT2D eigenvalue weighted by molar-refractivity contribution is -0.188. The smallest absolute Gasteiger partial charge is 0.193 e. The van der Waals surface area contributed by atoms with Gasteiger partial charge < -0.3 is 15.0 Å². The van der Waals surface area contributed by atoms with Crippen LogP contribution < -0.4 is 5.32 Å². The molecule has 120 valence electrons. The van der Waals surface area contributed by atoms with E-state index < -0.39 is 0 Å². The van der Waals surface area contributed by atoms with Crippen LogP contribution in [0.25, 0.3) is 0 Å². The van der Waals surface area contributed by atoms with Crippen LogP contribution in [0.5, 0.6) is 0 Å². The van der Waals surface area contributed by atoms with Gasteiger partial charge in [0.2, 0.25) is 0 Å². The van der Waals surface area contributed by atoms with Crippen LogP contribution in [0, 0.1) is 17.3 Å². The summed E-state index contributed by atoms with van der Waals surface area (Å²) in [6, 6.07) is 0.499. The third kappa shape index (κ3) is 2.67. The first-order valence-corrected chi connectivity index (χ1v) is 8.64. The summed E-state index contributed by atoms with van der Waals surface area (Å²) in [7, 11) is 1.92. The zero-order chi connectivity index (χ0) is 15.0. The summed E-state index contributed by atoms with van der Waals surface area (Å²) in [5.41, 5.74) is 0.211. The zero-order valence-electron chi connectivity index (χ0n) is 14.1. The number of nitrogens with one attached hydrogen (secondary N) is 1. The Morgan fingerprint density at radius 1 is 1.29 bits per heavy atom. The van der Waals surface area contributed by atoms with E-state index in [-0.39, 0.29) is 5.41 Å². The van der Waals surface area contributed by atoms with E-state index in [4.69, 9.17) is 4.74 Å². The molecule has 0 amide bonds. The van der Waals surface area contributed by atoms with E-state index in [1.807, 2.05) is 7.05 Å². The molecule has 3 rings (SSSR count). The van der Waals surface area contributed by atoms with Crippen LogP contribution >= 0.6 is 0 Å². The van der Waals surface area contributed by atoms with Crippen LogP contribution in [0.4, 0.5) is 0 Å². The maximum absolute atomic E-state index is 6.01. The molecule has 3 fully saturated rings.